The SMILES string of the molecule is c1ccc(-c2ccc3oc4c(-c5cccc(-c6ccc7ccc8cccnc8c7n6)c5)c5oc6ccc(-c7ccccc7)cc6c5cc4c3c2)cc1. The highest BCUT2D eigenvalue weighted by atomic mass is 16.3. The highest BCUT2D eigenvalue weighted by molar-refractivity contribution is 6.22. The van der Waals surface area contributed by atoms with Crippen molar-refractivity contribution in [2.75, 3.05) is 0 Å². The summed E-state index contributed by atoms with van der Waals surface area (Å²) in [5, 5.41) is 6.37. The Morgan fingerprint density at radius 2 is 0.942 bits per heavy atom. The number of aromatic nitrogens is 2. The van der Waals surface area contributed by atoms with Crippen molar-refractivity contribution in [2.24, 2.45) is 0 Å². The second-order valence-electron chi connectivity index (χ2n) is 13.4. The van der Waals surface area contributed by atoms with Crippen molar-refractivity contribution in [3.8, 4) is 44.6 Å². The van der Waals surface area contributed by atoms with Crippen molar-refractivity contribution in [1.29, 1.82) is 0 Å². The van der Waals surface area contributed by atoms with E-state index < -0.39 is 0 Å². The number of nitrogens with zero attached hydrogens (tertiary/aromatic N) is 2. The molecule has 4 nitrogen and oxygen atoms in total. The largest absolute Gasteiger partial charge is 0.455 e. The van der Waals surface area contributed by atoms with E-state index in [1.165, 1.54) is 11.1 Å². The van der Waals surface area contributed by atoms with Gasteiger partial charge in [0.1, 0.15) is 22.3 Å². The summed E-state index contributed by atoms with van der Waals surface area (Å²) in [5.41, 5.74) is 13.5. The van der Waals surface area contributed by atoms with Gasteiger partial charge in [-0.25, -0.2) is 4.98 Å². The van der Waals surface area contributed by atoms with E-state index in [9.17, 15) is 0 Å². The molecule has 0 radical (unpaired) electrons. The van der Waals surface area contributed by atoms with Gasteiger partial charge in [-0.05, 0) is 76.3 Å². The van der Waals surface area contributed by atoms with E-state index >= 15 is 0 Å². The fraction of sp³-hybridized carbons (Fsp3) is 0. The highest BCUT2D eigenvalue weighted by Crippen LogP contribution is 2.46. The van der Waals surface area contributed by atoms with E-state index in [-0.39, 0.29) is 0 Å². The molecule has 4 heterocycles. The first-order valence-corrected chi connectivity index (χ1v) is 17.5. The molecule has 0 spiro atoms. The molecular weight excluding hydrogens is 637 g/mol. The van der Waals surface area contributed by atoms with Crippen LogP contribution >= 0.6 is 0 Å². The molecule has 4 aromatic heterocycles. The second kappa shape index (κ2) is 11.2. The smallest absolute Gasteiger partial charge is 0.147 e. The molecule has 0 fully saturated rings. The van der Waals surface area contributed by atoms with Gasteiger partial charge in [0.15, 0.2) is 0 Å². The van der Waals surface area contributed by atoms with Gasteiger partial charge in [-0.1, -0.05) is 115 Å². The maximum atomic E-state index is 6.79. The summed E-state index contributed by atoms with van der Waals surface area (Å²) in [7, 11) is 0. The number of fused-ring (bicyclic) bond motifs is 9. The molecule has 0 aliphatic rings. The summed E-state index contributed by atoms with van der Waals surface area (Å²) >= 11 is 0. The van der Waals surface area contributed by atoms with E-state index in [0.29, 0.717) is 0 Å². The Labute approximate surface area is 298 Å². The Balaban J connectivity index is 1.18. The minimum atomic E-state index is 0.800. The number of benzene rings is 7. The summed E-state index contributed by atoms with van der Waals surface area (Å²) in [6.07, 6.45) is 1.83. The average molecular weight is 665 g/mol. The van der Waals surface area contributed by atoms with Crippen LogP contribution in [0, 0.1) is 0 Å². The van der Waals surface area contributed by atoms with Gasteiger partial charge >= 0.3 is 0 Å². The van der Waals surface area contributed by atoms with Gasteiger partial charge in [0.2, 0.25) is 0 Å². The Hall–Kier alpha value is -7.04. The monoisotopic (exact) mass is 664 g/mol. The van der Waals surface area contributed by atoms with Crippen molar-refractivity contribution < 1.29 is 8.83 Å². The van der Waals surface area contributed by atoms with E-state index in [1.54, 1.807) is 0 Å². The zero-order valence-electron chi connectivity index (χ0n) is 27.9. The second-order valence-corrected chi connectivity index (χ2v) is 13.4. The van der Waals surface area contributed by atoms with Gasteiger partial charge in [-0.15, -0.1) is 0 Å². The van der Waals surface area contributed by atoms with Crippen LogP contribution in [-0.4, -0.2) is 9.97 Å². The van der Waals surface area contributed by atoms with Crippen LogP contribution in [0.25, 0.3) is 110 Å². The molecule has 0 aliphatic heterocycles. The quantitative estimate of drug-likeness (QED) is 0.176. The van der Waals surface area contributed by atoms with E-state index in [1.807, 2.05) is 24.4 Å². The Kier molecular flexibility index (Phi) is 6.22. The third-order valence-corrected chi connectivity index (χ3v) is 10.3. The summed E-state index contributed by atoms with van der Waals surface area (Å²) in [4.78, 5) is 9.85. The first-order valence-electron chi connectivity index (χ1n) is 17.5. The van der Waals surface area contributed by atoms with Crippen molar-refractivity contribution in [3.63, 3.8) is 0 Å². The Morgan fingerprint density at radius 3 is 1.60 bits per heavy atom. The summed E-state index contributed by atoms with van der Waals surface area (Å²) in [5.74, 6) is 0. The van der Waals surface area contributed by atoms with Gasteiger partial charge in [0, 0.05) is 44.1 Å². The van der Waals surface area contributed by atoms with Crippen LogP contribution in [0.15, 0.2) is 179 Å². The predicted molar refractivity (Wildman–Crippen MR) is 213 cm³/mol. The molecule has 11 aromatic rings. The van der Waals surface area contributed by atoms with Crippen molar-refractivity contribution in [3.05, 3.63) is 170 Å². The topological polar surface area (TPSA) is 52.1 Å². The first kappa shape index (κ1) is 28.8. The summed E-state index contributed by atoms with van der Waals surface area (Å²) in [6.45, 7) is 0. The van der Waals surface area contributed by atoms with Gasteiger partial charge in [0.05, 0.1) is 22.3 Å². The van der Waals surface area contributed by atoms with Crippen LogP contribution in [0.2, 0.25) is 0 Å². The highest BCUT2D eigenvalue weighted by Gasteiger charge is 2.22. The summed E-state index contributed by atoms with van der Waals surface area (Å²) < 4.78 is 13.6. The maximum absolute atomic E-state index is 6.79. The van der Waals surface area contributed by atoms with Crippen LogP contribution in [-0.2, 0) is 0 Å². The molecule has 52 heavy (non-hydrogen) atoms. The van der Waals surface area contributed by atoms with Crippen molar-refractivity contribution in [1.82, 2.24) is 9.97 Å². The Bertz CT molecular complexity index is 3040. The standard InChI is InChI=1S/C48H28N2O2/c1-3-9-29(10-4-1)33-19-22-42-37(26-33)39-28-40-38-27-34(30-11-5-2-6-12-30)20-23-43(38)52-48(40)44(47(39)51-42)36-14-7-13-35(25-36)41-21-18-32-17-16-31-15-8-24-49-45(31)46(32)50-41/h1-28H. The fourth-order valence-electron chi connectivity index (χ4n) is 7.74. The molecule has 0 amide bonds. The Morgan fingerprint density at radius 1 is 0.365 bits per heavy atom. The van der Waals surface area contributed by atoms with Gasteiger partial charge in [0.25, 0.3) is 0 Å². The minimum Gasteiger partial charge on any atom is -0.455 e. The number of hydrogen-bond donors (Lipinski definition) is 0. The molecule has 4 heteroatoms. The van der Waals surface area contributed by atoms with Crippen molar-refractivity contribution >= 4 is 65.7 Å². The van der Waals surface area contributed by atoms with Gasteiger partial charge < -0.3 is 8.83 Å². The molecule has 0 aliphatic carbocycles. The third-order valence-electron chi connectivity index (χ3n) is 10.3. The van der Waals surface area contributed by atoms with E-state index in [2.05, 4.69) is 151 Å². The first-order chi connectivity index (χ1) is 25.7. The van der Waals surface area contributed by atoms with Gasteiger partial charge in [-0.2, -0.15) is 0 Å². The molecule has 11 rings (SSSR count). The number of furan rings is 2. The van der Waals surface area contributed by atoms with E-state index in [4.69, 9.17) is 13.8 Å². The molecule has 0 unspecified atom stereocenters. The molecule has 7 aromatic carbocycles. The van der Waals surface area contributed by atoms with Crippen LogP contribution in [0.5, 0.6) is 0 Å². The molecule has 0 saturated carbocycles. The predicted octanol–water partition coefficient (Wildman–Crippen LogP) is 13.2. The minimum absolute atomic E-state index is 0.800. The van der Waals surface area contributed by atoms with Crippen LogP contribution in [0.4, 0.5) is 0 Å². The zero-order valence-corrected chi connectivity index (χ0v) is 27.9. The molecule has 0 saturated heterocycles. The number of rotatable bonds is 4. The third kappa shape index (κ3) is 4.48. The fourth-order valence-corrected chi connectivity index (χ4v) is 7.74. The lowest BCUT2D eigenvalue weighted by Crippen LogP contribution is -1.89. The van der Waals surface area contributed by atoms with Crippen LogP contribution < -0.4 is 0 Å². The van der Waals surface area contributed by atoms with Crippen LogP contribution in [0.3, 0.4) is 0 Å². The number of pyridine rings is 2. The van der Waals surface area contributed by atoms with Crippen LogP contribution in [0.1, 0.15) is 0 Å². The molecule has 0 bridgehead atoms. The lowest BCUT2D eigenvalue weighted by atomic mass is 9.95. The average Bonchev–Trinajstić information content (AvgIpc) is 3.77. The maximum Gasteiger partial charge on any atom is 0.147 e. The summed E-state index contributed by atoms with van der Waals surface area (Å²) in [6, 6.07) is 57.2. The molecule has 0 N–H and O–H groups in total. The van der Waals surface area contributed by atoms with Crippen molar-refractivity contribution in [2.45, 2.75) is 0 Å². The number of hydrogen-bond acceptors (Lipinski definition) is 4. The van der Waals surface area contributed by atoms with E-state index in [0.717, 1.165) is 99.2 Å². The normalized spacial score (nSPS) is 11.8. The molecule has 242 valence electrons. The lowest BCUT2D eigenvalue weighted by Gasteiger charge is -2.09. The lowest BCUT2D eigenvalue weighted by molar-refractivity contribution is 0.658. The zero-order chi connectivity index (χ0) is 34.2. The molecular formula is C48H28N2O2. The molecule has 0 atom stereocenters. The van der Waals surface area contributed by atoms with Gasteiger partial charge in [-0.3, -0.25) is 4.98 Å².